The molecule has 4 heterocycles. The fourth-order valence-corrected chi connectivity index (χ4v) is 4.54. The third kappa shape index (κ3) is 6.26. The number of anilines is 1. The summed E-state index contributed by atoms with van der Waals surface area (Å²) in [6.45, 7) is 3.66. The maximum absolute atomic E-state index is 12.2. The van der Waals surface area contributed by atoms with Crippen LogP contribution in [-0.2, 0) is 11.3 Å². The number of hydrogen-bond donors (Lipinski definition) is 3. The van der Waals surface area contributed by atoms with Crippen LogP contribution in [0.5, 0.6) is 5.75 Å². The normalized spacial score (nSPS) is 14.4. The number of pyridine rings is 1. The summed E-state index contributed by atoms with van der Waals surface area (Å²) in [5.41, 5.74) is 5.22. The van der Waals surface area contributed by atoms with Gasteiger partial charge in [0.15, 0.2) is 0 Å². The van der Waals surface area contributed by atoms with Gasteiger partial charge >= 0.3 is 0 Å². The van der Waals surface area contributed by atoms with Crippen molar-refractivity contribution in [3.05, 3.63) is 78.5 Å². The zero-order valence-corrected chi connectivity index (χ0v) is 22.7. The number of likely N-dealkylation sites (N-methyl/N-ethyl adjacent to an activating group) is 1. The first-order valence-corrected chi connectivity index (χ1v) is 13.1. The van der Waals surface area contributed by atoms with E-state index < -0.39 is 0 Å². The fourth-order valence-electron chi connectivity index (χ4n) is 4.54. The number of carbonyl (C=O) groups is 1. The van der Waals surface area contributed by atoms with Crippen LogP contribution in [0.2, 0.25) is 0 Å². The summed E-state index contributed by atoms with van der Waals surface area (Å²) in [6, 6.07) is 13.7. The van der Waals surface area contributed by atoms with Crippen LogP contribution in [0, 0.1) is 5.41 Å². The molecular weight excluding hydrogens is 506 g/mol. The Morgan fingerprint density at radius 1 is 1.12 bits per heavy atom. The van der Waals surface area contributed by atoms with Crippen molar-refractivity contribution in [3.8, 4) is 17.1 Å². The molecule has 5 rings (SSSR count). The first-order valence-electron chi connectivity index (χ1n) is 13.1. The molecule has 0 bridgehead atoms. The second-order valence-electron chi connectivity index (χ2n) is 9.57. The van der Waals surface area contributed by atoms with Crippen molar-refractivity contribution >= 4 is 29.2 Å². The number of fused-ring (bicyclic) bond motifs is 1. The molecule has 3 N–H and O–H groups in total. The van der Waals surface area contributed by atoms with E-state index in [4.69, 9.17) is 10.1 Å². The summed E-state index contributed by atoms with van der Waals surface area (Å²) < 4.78 is 7.88. The number of ether oxygens (including phenoxy) is 1. The maximum atomic E-state index is 12.2. The third-order valence-electron chi connectivity index (χ3n) is 6.77. The van der Waals surface area contributed by atoms with E-state index in [0.717, 1.165) is 46.8 Å². The molecule has 11 nitrogen and oxygen atoms in total. The van der Waals surface area contributed by atoms with E-state index in [9.17, 15) is 4.79 Å². The predicted molar refractivity (Wildman–Crippen MR) is 155 cm³/mol. The second-order valence-corrected chi connectivity index (χ2v) is 9.57. The highest BCUT2D eigenvalue weighted by atomic mass is 16.5. The van der Waals surface area contributed by atoms with Crippen molar-refractivity contribution in [2.24, 2.45) is 0 Å². The molecule has 1 saturated heterocycles. The lowest BCUT2D eigenvalue weighted by atomic mass is 10.1. The van der Waals surface area contributed by atoms with Crippen LogP contribution in [0.15, 0.2) is 67.4 Å². The number of nitrogens with zero attached hydrogens (tertiary/aromatic N) is 6. The van der Waals surface area contributed by atoms with Crippen LogP contribution in [0.25, 0.3) is 22.6 Å². The average Bonchev–Trinajstić information content (AvgIpc) is 3.40. The SMILES string of the molecule is CN/C=C(\C=N)c1ccc(CNc2cc(-c3cnc4cc(OCCN5CCN(C)CC5=O)ccn34)ncn2)cc1. The molecule has 0 aliphatic carbocycles. The van der Waals surface area contributed by atoms with Crippen molar-refractivity contribution in [3.63, 3.8) is 0 Å². The molecule has 0 radical (unpaired) electrons. The molecule has 1 aliphatic rings. The zero-order valence-electron chi connectivity index (χ0n) is 22.7. The highest BCUT2D eigenvalue weighted by Crippen LogP contribution is 2.23. The summed E-state index contributed by atoms with van der Waals surface area (Å²) in [5, 5.41) is 13.9. The average molecular weight is 540 g/mol. The Morgan fingerprint density at radius 2 is 1.98 bits per heavy atom. The molecule has 40 heavy (non-hydrogen) atoms. The van der Waals surface area contributed by atoms with E-state index in [1.807, 2.05) is 77.0 Å². The monoisotopic (exact) mass is 539 g/mol. The Hall–Kier alpha value is -4.77. The molecular formula is C29H33N9O2. The van der Waals surface area contributed by atoms with E-state index in [1.54, 1.807) is 12.4 Å². The molecule has 1 aliphatic heterocycles. The molecule has 11 heteroatoms. The molecule has 1 aromatic carbocycles. The maximum Gasteiger partial charge on any atom is 0.236 e. The number of benzene rings is 1. The number of carbonyl (C=O) groups excluding carboxylic acids is 1. The van der Waals surface area contributed by atoms with Gasteiger partial charge in [-0.1, -0.05) is 24.3 Å². The number of imidazole rings is 1. The van der Waals surface area contributed by atoms with Crippen LogP contribution >= 0.6 is 0 Å². The fraction of sp³-hybridized carbons (Fsp3) is 0.276. The van der Waals surface area contributed by atoms with Gasteiger partial charge in [0.05, 0.1) is 30.7 Å². The van der Waals surface area contributed by atoms with Gasteiger partial charge in [0.2, 0.25) is 5.91 Å². The van der Waals surface area contributed by atoms with Crippen molar-refractivity contribution in [2.45, 2.75) is 6.54 Å². The van der Waals surface area contributed by atoms with E-state index in [-0.39, 0.29) is 5.91 Å². The van der Waals surface area contributed by atoms with E-state index in [2.05, 4.69) is 25.6 Å². The number of piperazine rings is 1. The Balaban J connectivity index is 1.21. The Morgan fingerprint density at radius 3 is 2.75 bits per heavy atom. The third-order valence-corrected chi connectivity index (χ3v) is 6.77. The topological polar surface area (TPSA) is 124 Å². The van der Waals surface area contributed by atoms with Crippen molar-refractivity contribution in [1.29, 1.82) is 5.41 Å². The van der Waals surface area contributed by atoms with Crippen LogP contribution in [0.1, 0.15) is 11.1 Å². The Bertz CT molecular complexity index is 1510. The van der Waals surface area contributed by atoms with Gasteiger partial charge < -0.3 is 25.7 Å². The first kappa shape index (κ1) is 26.8. The highest BCUT2D eigenvalue weighted by molar-refractivity contribution is 6.08. The zero-order chi connectivity index (χ0) is 27.9. The lowest BCUT2D eigenvalue weighted by molar-refractivity contribution is -0.135. The first-order chi connectivity index (χ1) is 19.5. The summed E-state index contributed by atoms with van der Waals surface area (Å²) >= 11 is 0. The molecule has 0 saturated carbocycles. The number of aromatic nitrogens is 4. The number of hydrogen-bond acceptors (Lipinski definition) is 9. The minimum atomic E-state index is 0.137. The van der Waals surface area contributed by atoms with Crippen LogP contribution in [0.4, 0.5) is 5.82 Å². The van der Waals surface area contributed by atoms with Gasteiger partial charge in [0, 0.05) is 63.0 Å². The Kier molecular flexibility index (Phi) is 8.31. The largest absolute Gasteiger partial charge is 0.492 e. The molecule has 1 fully saturated rings. The van der Waals surface area contributed by atoms with Gasteiger partial charge in [0.1, 0.15) is 30.1 Å². The van der Waals surface area contributed by atoms with E-state index >= 15 is 0 Å². The molecule has 4 aromatic rings. The number of nitrogens with one attached hydrogen (secondary N) is 3. The quantitative estimate of drug-likeness (QED) is 0.249. The minimum absolute atomic E-state index is 0.137. The van der Waals surface area contributed by atoms with Gasteiger partial charge in [-0.3, -0.25) is 14.1 Å². The highest BCUT2D eigenvalue weighted by Gasteiger charge is 2.21. The summed E-state index contributed by atoms with van der Waals surface area (Å²) in [5.74, 6) is 1.55. The van der Waals surface area contributed by atoms with Crippen molar-refractivity contribution in [1.82, 2.24) is 34.5 Å². The van der Waals surface area contributed by atoms with Crippen LogP contribution < -0.4 is 15.4 Å². The van der Waals surface area contributed by atoms with Gasteiger partial charge in [0.25, 0.3) is 0 Å². The van der Waals surface area contributed by atoms with Crippen LogP contribution in [-0.4, -0.2) is 88.2 Å². The summed E-state index contributed by atoms with van der Waals surface area (Å²) in [6.07, 6.45) is 8.37. The van der Waals surface area contributed by atoms with Crippen LogP contribution in [0.3, 0.4) is 0 Å². The van der Waals surface area contributed by atoms with E-state index in [0.29, 0.717) is 37.8 Å². The van der Waals surface area contributed by atoms with Gasteiger partial charge in [-0.25, -0.2) is 15.0 Å². The molecule has 1 amide bonds. The lowest BCUT2D eigenvalue weighted by Gasteiger charge is -2.31. The number of amides is 1. The number of rotatable bonds is 11. The standard InChI is InChI=1S/C29H33N9O2/c1-31-17-23(15-30)22-5-3-21(4-6-22)16-32-27-14-25(34-20-35-27)26-18-33-28-13-24(7-8-38(26)28)40-12-11-37-10-9-36(2)19-29(37)39/h3-8,13-15,17-18,20,30-31H,9-12,16,19H2,1-2H3,(H,32,34,35)/b23-17+,30-15?. The smallest absolute Gasteiger partial charge is 0.236 e. The molecule has 0 spiro atoms. The minimum Gasteiger partial charge on any atom is -0.492 e. The van der Waals surface area contributed by atoms with E-state index in [1.165, 1.54) is 12.5 Å². The molecule has 0 unspecified atom stereocenters. The number of allylic oxidation sites excluding steroid dienone is 1. The molecule has 0 atom stereocenters. The van der Waals surface area contributed by atoms with Crippen molar-refractivity contribution < 1.29 is 9.53 Å². The molecule has 3 aromatic heterocycles. The van der Waals surface area contributed by atoms with Crippen molar-refractivity contribution in [2.75, 3.05) is 52.2 Å². The summed E-state index contributed by atoms with van der Waals surface area (Å²) in [7, 11) is 3.78. The Labute approximate surface area is 233 Å². The predicted octanol–water partition coefficient (Wildman–Crippen LogP) is 2.77. The van der Waals surface area contributed by atoms with Gasteiger partial charge in [-0.15, -0.1) is 0 Å². The second kappa shape index (κ2) is 12.4. The van der Waals surface area contributed by atoms with Gasteiger partial charge in [-0.05, 0) is 24.2 Å². The van der Waals surface area contributed by atoms with Gasteiger partial charge in [-0.2, -0.15) is 0 Å². The molecule has 206 valence electrons. The lowest BCUT2D eigenvalue weighted by Crippen LogP contribution is -2.49. The summed E-state index contributed by atoms with van der Waals surface area (Å²) in [4.78, 5) is 29.4.